The largest absolute Gasteiger partial charge is 0.478 e. The molecule has 2 N–H and O–H groups in total. The van der Waals surface area contributed by atoms with Crippen molar-refractivity contribution in [3.63, 3.8) is 0 Å². The minimum absolute atomic E-state index is 0.0229. The van der Waals surface area contributed by atoms with E-state index in [9.17, 15) is 18.7 Å². The summed E-state index contributed by atoms with van der Waals surface area (Å²) in [5.41, 5.74) is -1.27. The average Bonchev–Trinajstić information content (AvgIpc) is 2.45. The van der Waals surface area contributed by atoms with E-state index < -0.39 is 28.9 Å². The Hall–Kier alpha value is -2.28. The van der Waals surface area contributed by atoms with Crippen molar-refractivity contribution in [1.29, 1.82) is 5.26 Å². The van der Waals surface area contributed by atoms with Crippen LogP contribution in [-0.2, 0) is 0 Å². The van der Waals surface area contributed by atoms with Crippen molar-refractivity contribution in [2.24, 2.45) is 0 Å². The van der Waals surface area contributed by atoms with Gasteiger partial charge in [-0.3, -0.25) is 0 Å². The number of hydrogen-bond acceptors (Lipinski definition) is 4. The monoisotopic (exact) mass is 415 g/mol. The molecule has 0 spiro atoms. The molecule has 0 radical (unpaired) electrons. The summed E-state index contributed by atoms with van der Waals surface area (Å²) in [7, 11) is 0. The zero-order chi connectivity index (χ0) is 16.4. The Morgan fingerprint density at radius 3 is 2.68 bits per heavy atom. The van der Waals surface area contributed by atoms with Crippen molar-refractivity contribution in [1.82, 2.24) is 4.98 Å². The van der Waals surface area contributed by atoms with Crippen LogP contribution in [0, 0.1) is 33.5 Å². The van der Waals surface area contributed by atoms with E-state index in [0.717, 1.165) is 0 Å². The number of anilines is 2. The van der Waals surface area contributed by atoms with Gasteiger partial charge in [0, 0.05) is 9.13 Å². The Morgan fingerprint density at radius 2 is 2.14 bits per heavy atom. The molecule has 0 saturated carbocycles. The molecule has 0 aliphatic heterocycles. The lowest BCUT2D eigenvalue weighted by Crippen LogP contribution is -2.11. The van der Waals surface area contributed by atoms with Gasteiger partial charge in [-0.2, -0.15) is 5.26 Å². The molecule has 0 fully saturated rings. The molecule has 0 unspecified atom stereocenters. The van der Waals surface area contributed by atoms with Gasteiger partial charge in [-0.15, -0.1) is 0 Å². The summed E-state index contributed by atoms with van der Waals surface area (Å²) >= 11 is 1.92. The zero-order valence-electron chi connectivity index (χ0n) is 11.1. The highest BCUT2D eigenvalue weighted by atomic mass is 127. The van der Waals surface area contributed by atoms with Gasteiger partial charge in [0.05, 0.1) is 5.69 Å². The van der Waals surface area contributed by atoms with E-state index in [4.69, 9.17) is 5.26 Å². The lowest BCUT2D eigenvalue weighted by Gasteiger charge is -2.13. The van der Waals surface area contributed by atoms with Gasteiger partial charge in [0.1, 0.15) is 23.3 Å². The Bertz CT molecular complexity index is 819. The predicted molar refractivity (Wildman–Crippen MR) is 83.0 cm³/mol. The van der Waals surface area contributed by atoms with Gasteiger partial charge in [-0.1, -0.05) is 0 Å². The van der Waals surface area contributed by atoms with Crippen molar-refractivity contribution in [3.8, 4) is 6.07 Å². The second kappa shape index (κ2) is 6.23. The molecule has 0 bridgehead atoms. The molecule has 0 aliphatic rings. The van der Waals surface area contributed by atoms with E-state index in [0.29, 0.717) is 3.57 Å². The van der Waals surface area contributed by atoms with Gasteiger partial charge in [0.25, 0.3) is 0 Å². The fourth-order valence-electron chi connectivity index (χ4n) is 1.83. The molecule has 0 aliphatic carbocycles. The van der Waals surface area contributed by atoms with Gasteiger partial charge >= 0.3 is 5.97 Å². The van der Waals surface area contributed by atoms with Gasteiger partial charge in [0.2, 0.25) is 0 Å². The number of pyridine rings is 1. The van der Waals surface area contributed by atoms with Crippen molar-refractivity contribution < 1.29 is 18.7 Å². The predicted octanol–water partition coefficient (Wildman–Crippen LogP) is 3.59. The van der Waals surface area contributed by atoms with Crippen LogP contribution in [0.1, 0.15) is 21.6 Å². The maximum Gasteiger partial charge on any atom is 0.339 e. The fourth-order valence-corrected chi connectivity index (χ4v) is 2.28. The summed E-state index contributed by atoms with van der Waals surface area (Å²) in [5.74, 6) is -3.34. The summed E-state index contributed by atoms with van der Waals surface area (Å²) in [6.07, 6.45) is 0. The topological polar surface area (TPSA) is 86.0 Å². The first-order valence-electron chi connectivity index (χ1n) is 5.90. The highest BCUT2D eigenvalue weighted by molar-refractivity contribution is 14.1. The first-order chi connectivity index (χ1) is 10.3. The number of aromatic nitrogens is 1. The van der Waals surface area contributed by atoms with Crippen molar-refractivity contribution >= 4 is 40.1 Å². The van der Waals surface area contributed by atoms with E-state index in [1.165, 1.54) is 25.1 Å². The zero-order valence-corrected chi connectivity index (χ0v) is 13.3. The quantitative estimate of drug-likeness (QED) is 0.749. The number of hydrogen-bond donors (Lipinski definition) is 2. The molecule has 0 atom stereocenters. The van der Waals surface area contributed by atoms with Crippen LogP contribution < -0.4 is 5.32 Å². The third kappa shape index (κ3) is 2.99. The summed E-state index contributed by atoms with van der Waals surface area (Å²) in [6.45, 7) is 1.22. The van der Waals surface area contributed by atoms with Crippen molar-refractivity contribution in [2.75, 3.05) is 5.32 Å². The van der Waals surface area contributed by atoms with Crippen LogP contribution in [0.25, 0.3) is 0 Å². The molecule has 1 aromatic heterocycles. The molecule has 0 amide bonds. The molecule has 8 heteroatoms. The van der Waals surface area contributed by atoms with Crippen LogP contribution in [0.15, 0.2) is 18.2 Å². The summed E-state index contributed by atoms with van der Waals surface area (Å²) in [5, 5.41) is 20.6. The number of nitrogens with zero attached hydrogens (tertiary/aromatic N) is 2. The Kier molecular flexibility index (Phi) is 4.56. The van der Waals surface area contributed by atoms with Crippen molar-refractivity contribution in [2.45, 2.75) is 6.92 Å². The Labute approximate surface area is 137 Å². The van der Waals surface area contributed by atoms with E-state index in [-0.39, 0.29) is 17.1 Å². The standard InChI is InChI=1S/C14H8F2IN3O2/c1-6-11(14(21)22)13(20-10(5-18)12(6)16)19-9-3-2-7(17)4-8(9)15/h2-4H,1H3,(H,19,20)(H,21,22). The third-order valence-electron chi connectivity index (χ3n) is 2.88. The molecular weight excluding hydrogens is 407 g/mol. The third-order valence-corrected chi connectivity index (χ3v) is 3.55. The Balaban J connectivity index is 2.61. The number of carbonyl (C=O) groups is 1. The number of carboxylic acids is 1. The lowest BCUT2D eigenvalue weighted by atomic mass is 10.1. The first-order valence-corrected chi connectivity index (χ1v) is 6.98. The van der Waals surface area contributed by atoms with Crippen LogP contribution >= 0.6 is 22.6 Å². The summed E-state index contributed by atoms with van der Waals surface area (Å²) < 4.78 is 28.3. The van der Waals surface area contributed by atoms with Gasteiger partial charge in [0.15, 0.2) is 11.5 Å². The fraction of sp³-hybridized carbons (Fsp3) is 0.0714. The second-order valence-electron chi connectivity index (χ2n) is 4.29. The van der Waals surface area contributed by atoms with Gasteiger partial charge < -0.3 is 10.4 Å². The van der Waals surface area contributed by atoms with Crippen LogP contribution in [0.4, 0.5) is 20.3 Å². The van der Waals surface area contributed by atoms with Crippen LogP contribution in [-0.4, -0.2) is 16.1 Å². The number of rotatable bonds is 3. The maximum atomic E-state index is 13.8. The van der Waals surface area contributed by atoms with Crippen LogP contribution in [0.5, 0.6) is 0 Å². The molecule has 112 valence electrons. The SMILES string of the molecule is Cc1c(F)c(C#N)nc(Nc2ccc(I)cc2F)c1C(=O)O. The number of halogens is 3. The number of benzene rings is 1. The number of carboxylic acid groups (broad SMARTS) is 1. The molecule has 22 heavy (non-hydrogen) atoms. The number of aromatic carboxylic acids is 1. The molecule has 1 aromatic carbocycles. The first kappa shape index (κ1) is 16.1. The average molecular weight is 415 g/mol. The summed E-state index contributed by atoms with van der Waals surface area (Å²) in [6, 6.07) is 5.78. The highest BCUT2D eigenvalue weighted by Crippen LogP contribution is 2.27. The second-order valence-corrected chi connectivity index (χ2v) is 5.53. The van der Waals surface area contributed by atoms with Crippen LogP contribution in [0.2, 0.25) is 0 Å². The smallest absolute Gasteiger partial charge is 0.339 e. The normalized spacial score (nSPS) is 10.1. The minimum atomic E-state index is -1.43. The van der Waals surface area contributed by atoms with Gasteiger partial charge in [-0.25, -0.2) is 18.6 Å². The summed E-state index contributed by atoms with van der Waals surface area (Å²) in [4.78, 5) is 14.9. The van der Waals surface area contributed by atoms with E-state index in [1.54, 1.807) is 6.07 Å². The molecule has 2 aromatic rings. The highest BCUT2D eigenvalue weighted by Gasteiger charge is 2.22. The number of nitrogens with one attached hydrogen (secondary N) is 1. The van der Waals surface area contributed by atoms with E-state index in [1.807, 2.05) is 22.6 Å². The Morgan fingerprint density at radius 1 is 1.45 bits per heavy atom. The molecule has 1 heterocycles. The van der Waals surface area contributed by atoms with Crippen molar-refractivity contribution in [3.05, 3.63) is 50.2 Å². The molecule has 2 rings (SSSR count). The molecule has 5 nitrogen and oxygen atoms in total. The lowest BCUT2D eigenvalue weighted by molar-refractivity contribution is 0.0696. The van der Waals surface area contributed by atoms with Gasteiger partial charge in [-0.05, 0) is 47.7 Å². The van der Waals surface area contributed by atoms with E-state index >= 15 is 0 Å². The molecule has 0 saturated heterocycles. The number of nitriles is 1. The molecular formula is C14H8F2IN3O2. The minimum Gasteiger partial charge on any atom is -0.478 e. The van der Waals surface area contributed by atoms with E-state index in [2.05, 4.69) is 10.3 Å². The maximum absolute atomic E-state index is 13.8. The van der Waals surface area contributed by atoms with Crippen LogP contribution in [0.3, 0.4) is 0 Å².